The molecule has 0 atom stereocenters. The van der Waals surface area contributed by atoms with Crippen molar-refractivity contribution in [2.24, 2.45) is 17.8 Å². The predicted octanol–water partition coefficient (Wildman–Crippen LogP) is 7.15. The zero-order valence-corrected chi connectivity index (χ0v) is 15.0. The second-order valence-electron chi connectivity index (χ2n) is 8.06. The van der Waals surface area contributed by atoms with E-state index in [1.165, 1.54) is 44.2 Å². The first-order valence-electron chi connectivity index (χ1n) is 9.83. The summed E-state index contributed by atoms with van der Waals surface area (Å²) in [4.78, 5) is 0. The van der Waals surface area contributed by atoms with Gasteiger partial charge in [0, 0.05) is 0 Å². The molecular formula is C22H29F3. The van der Waals surface area contributed by atoms with Gasteiger partial charge in [0.15, 0.2) is 17.5 Å². The van der Waals surface area contributed by atoms with Gasteiger partial charge in [0.05, 0.1) is 0 Å². The summed E-state index contributed by atoms with van der Waals surface area (Å²) < 4.78 is 40.1. The number of hydrogen-bond acceptors (Lipinski definition) is 0. The minimum absolute atomic E-state index is 0.171. The molecule has 0 radical (unpaired) electrons. The fraction of sp³-hybridized carbons (Fsp3) is 0.636. The normalized spacial score (nSPS) is 30.2. The zero-order chi connectivity index (χ0) is 17.8. The molecule has 1 aromatic carbocycles. The molecule has 3 heteroatoms. The van der Waals surface area contributed by atoms with Crippen LogP contribution in [0.25, 0.3) is 0 Å². The van der Waals surface area contributed by atoms with Crippen molar-refractivity contribution < 1.29 is 13.2 Å². The van der Waals surface area contributed by atoms with Crippen molar-refractivity contribution in [3.05, 3.63) is 47.8 Å². The topological polar surface area (TPSA) is 0 Å². The molecule has 3 rings (SSSR count). The third-order valence-corrected chi connectivity index (χ3v) is 6.59. The second kappa shape index (κ2) is 8.42. The van der Waals surface area contributed by atoms with Gasteiger partial charge in [-0.1, -0.05) is 18.9 Å². The molecule has 2 fully saturated rings. The van der Waals surface area contributed by atoms with Crippen molar-refractivity contribution in [1.29, 1.82) is 0 Å². The van der Waals surface area contributed by atoms with E-state index in [4.69, 9.17) is 0 Å². The molecule has 0 N–H and O–H groups in total. The Morgan fingerprint density at radius 1 is 0.840 bits per heavy atom. The summed E-state index contributed by atoms with van der Waals surface area (Å²) >= 11 is 0. The van der Waals surface area contributed by atoms with Crippen LogP contribution in [0.2, 0.25) is 0 Å². The van der Waals surface area contributed by atoms with Gasteiger partial charge in [0.1, 0.15) is 0 Å². The number of allylic oxidation sites excluding steroid dienone is 1. The molecule has 0 spiro atoms. The van der Waals surface area contributed by atoms with Crippen molar-refractivity contribution in [3.8, 4) is 0 Å². The maximum Gasteiger partial charge on any atom is 0.194 e. The SMILES string of the molecule is C=CCC[C@H]1CC[C@H]([C@H]2CC[C@H](c3cc(F)c(F)c(F)c3)CC2)CC1. The highest BCUT2D eigenvalue weighted by Gasteiger charge is 2.31. The van der Waals surface area contributed by atoms with Crippen LogP contribution in [0.5, 0.6) is 0 Å². The number of hydrogen-bond donors (Lipinski definition) is 0. The van der Waals surface area contributed by atoms with Gasteiger partial charge in [-0.3, -0.25) is 0 Å². The van der Waals surface area contributed by atoms with Crippen molar-refractivity contribution in [2.45, 2.75) is 70.1 Å². The third kappa shape index (κ3) is 4.48. The van der Waals surface area contributed by atoms with Crippen molar-refractivity contribution in [3.63, 3.8) is 0 Å². The van der Waals surface area contributed by atoms with E-state index in [2.05, 4.69) is 6.58 Å². The molecule has 0 bridgehead atoms. The number of rotatable bonds is 5. The molecule has 0 unspecified atom stereocenters. The van der Waals surface area contributed by atoms with Crippen LogP contribution in [0.4, 0.5) is 13.2 Å². The van der Waals surface area contributed by atoms with E-state index in [0.717, 1.165) is 49.9 Å². The van der Waals surface area contributed by atoms with Gasteiger partial charge >= 0.3 is 0 Å². The molecule has 0 heterocycles. The van der Waals surface area contributed by atoms with Crippen LogP contribution in [-0.2, 0) is 0 Å². The van der Waals surface area contributed by atoms with Crippen molar-refractivity contribution in [2.75, 3.05) is 0 Å². The maximum atomic E-state index is 13.5. The largest absolute Gasteiger partial charge is 0.204 e. The molecule has 0 amide bonds. The Hall–Kier alpha value is -1.25. The van der Waals surface area contributed by atoms with Crippen LogP contribution in [0, 0.1) is 35.2 Å². The van der Waals surface area contributed by atoms with Gasteiger partial charge in [-0.2, -0.15) is 0 Å². The predicted molar refractivity (Wildman–Crippen MR) is 95.9 cm³/mol. The summed E-state index contributed by atoms with van der Waals surface area (Å²) in [5.74, 6) is -0.856. The van der Waals surface area contributed by atoms with Crippen LogP contribution < -0.4 is 0 Å². The molecule has 0 saturated heterocycles. The molecule has 2 aliphatic rings. The lowest BCUT2D eigenvalue weighted by molar-refractivity contribution is 0.157. The molecule has 2 saturated carbocycles. The fourth-order valence-corrected chi connectivity index (χ4v) is 5.04. The minimum Gasteiger partial charge on any atom is -0.204 e. The highest BCUT2D eigenvalue weighted by Crippen LogP contribution is 2.44. The van der Waals surface area contributed by atoms with Crippen LogP contribution in [-0.4, -0.2) is 0 Å². The van der Waals surface area contributed by atoms with E-state index >= 15 is 0 Å². The monoisotopic (exact) mass is 350 g/mol. The summed E-state index contributed by atoms with van der Waals surface area (Å²) in [5, 5.41) is 0. The Balaban J connectivity index is 1.50. The Labute approximate surface area is 149 Å². The van der Waals surface area contributed by atoms with Gasteiger partial charge in [-0.15, -0.1) is 6.58 Å². The smallest absolute Gasteiger partial charge is 0.194 e. The number of halogens is 3. The van der Waals surface area contributed by atoms with Gasteiger partial charge in [0.2, 0.25) is 0 Å². The molecular weight excluding hydrogens is 321 g/mol. The van der Waals surface area contributed by atoms with E-state index in [1.807, 2.05) is 6.08 Å². The summed E-state index contributed by atoms with van der Waals surface area (Å²) in [5.41, 5.74) is 0.628. The van der Waals surface area contributed by atoms with E-state index < -0.39 is 17.5 Å². The zero-order valence-electron chi connectivity index (χ0n) is 15.0. The molecule has 25 heavy (non-hydrogen) atoms. The van der Waals surface area contributed by atoms with Crippen molar-refractivity contribution >= 4 is 0 Å². The van der Waals surface area contributed by atoms with E-state index in [-0.39, 0.29) is 5.92 Å². The first-order valence-corrected chi connectivity index (χ1v) is 9.83. The molecule has 0 aliphatic heterocycles. The average Bonchev–Trinajstić information content (AvgIpc) is 2.64. The Morgan fingerprint density at radius 2 is 1.36 bits per heavy atom. The standard InChI is InChI=1S/C22H29F3/c1-2-3-4-15-5-7-16(8-6-15)17-9-11-18(12-10-17)19-13-20(23)22(25)21(24)14-19/h2,13-18H,1,3-12H2/t15-,16-,17-,18-. The summed E-state index contributed by atoms with van der Waals surface area (Å²) in [6.45, 7) is 3.81. The van der Waals surface area contributed by atoms with Crippen LogP contribution in [0.3, 0.4) is 0 Å². The number of benzene rings is 1. The lowest BCUT2D eigenvalue weighted by Crippen LogP contribution is -2.25. The quantitative estimate of drug-likeness (QED) is 0.391. The first kappa shape index (κ1) is 18.5. The summed E-state index contributed by atoms with van der Waals surface area (Å²) in [6, 6.07) is 2.38. The molecule has 2 aliphatic carbocycles. The lowest BCUT2D eigenvalue weighted by Gasteiger charge is -2.38. The molecule has 0 aromatic heterocycles. The summed E-state index contributed by atoms with van der Waals surface area (Å²) in [7, 11) is 0. The molecule has 1 aromatic rings. The van der Waals surface area contributed by atoms with Gasteiger partial charge < -0.3 is 0 Å². The first-order chi connectivity index (χ1) is 12.1. The van der Waals surface area contributed by atoms with Crippen LogP contribution >= 0.6 is 0 Å². The van der Waals surface area contributed by atoms with Crippen LogP contribution in [0.1, 0.15) is 75.7 Å². The average molecular weight is 350 g/mol. The van der Waals surface area contributed by atoms with E-state index in [1.54, 1.807) is 0 Å². The highest BCUT2D eigenvalue weighted by molar-refractivity contribution is 5.23. The maximum absolute atomic E-state index is 13.5. The Morgan fingerprint density at radius 3 is 1.88 bits per heavy atom. The highest BCUT2D eigenvalue weighted by atomic mass is 19.2. The summed E-state index contributed by atoms with van der Waals surface area (Å²) in [6.07, 6.45) is 14.0. The Bertz CT molecular complexity index is 556. The van der Waals surface area contributed by atoms with E-state index in [0.29, 0.717) is 5.56 Å². The van der Waals surface area contributed by atoms with Gasteiger partial charge in [0.25, 0.3) is 0 Å². The molecule has 138 valence electrons. The Kier molecular flexibility index (Phi) is 6.24. The molecule has 0 nitrogen and oxygen atoms in total. The lowest BCUT2D eigenvalue weighted by atomic mass is 9.68. The second-order valence-corrected chi connectivity index (χ2v) is 8.06. The minimum atomic E-state index is -1.36. The van der Waals surface area contributed by atoms with Crippen molar-refractivity contribution in [1.82, 2.24) is 0 Å². The van der Waals surface area contributed by atoms with E-state index in [9.17, 15) is 13.2 Å². The van der Waals surface area contributed by atoms with Gasteiger partial charge in [-0.25, -0.2) is 13.2 Å². The third-order valence-electron chi connectivity index (χ3n) is 6.59. The fourth-order valence-electron chi connectivity index (χ4n) is 5.04. The van der Waals surface area contributed by atoms with Crippen LogP contribution in [0.15, 0.2) is 24.8 Å². The van der Waals surface area contributed by atoms with Gasteiger partial charge in [-0.05, 0) is 92.7 Å².